The van der Waals surface area contributed by atoms with Gasteiger partial charge in [0.25, 0.3) is 5.91 Å². The highest BCUT2D eigenvalue weighted by Crippen LogP contribution is 2.19. The van der Waals surface area contributed by atoms with Crippen LogP contribution in [-0.4, -0.2) is 29.9 Å². The fraction of sp³-hybridized carbons (Fsp3) is 0.200. The molecule has 1 aromatic heterocycles. The number of nitrogens with zero attached hydrogens (tertiary/aromatic N) is 2. The van der Waals surface area contributed by atoms with E-state index in [0.29, 0.717) is 17.9 Å². The molecule has 0 fully saturated rings. The molecule has 2 aromatic rings. The summed E-state index contributed by atoms with van der Waals surface area (Å²) < 4.78 is 5.28. The molecule has 0 unspecified atom stereocenters. The van der Waals surface area contributed by atoms with Gasteiger partial charge in [0.1, 0.15) is 11.4 Å². The van der Waals surface area contributed by atoms with E-state index in [4.69, 9.17) is 10.5 Å². The van der Waals surface area contributed by atoms with Crippen LogP contribution in [0.15, 0.2) is 42.6 Å². The van der Waals surface area contributed by atoms with Gasteiger partial charge < -0.3 is 15.4 Å². The van der Waals surface area contributed by atoms with Crippen molar-refractivity contribution >= 4 is 11.6 Å². The molecule has 5 heteroatoms. The number of carbonyl (C=O) groups is 1. The number of ether oxygens (including phenoxy) is 1. The van der Waals surface area contributed by atoms with Gasteiger partial charge in [-0.05, 0) is 18.2 Å². The number of anilines is 1. The fourth-order valence-corrected chi connectivity index (χ4v) is 1.92. The first-order valence-corrected chi connectivity index (χ1v) is 6.20. The van der Waals surface area contributed by atoms with Crippen LogP contribution in [0.1, 0.15) is 16.1 Å². The van der Waals surface area contributed by atoms with Crippen molar-refractivity contribution in [3.63, 3.8) is 0 Å². The first-order valence-electron chi connectivity index (χ1n) is 6.20. The van der Waals surface area contributed by atoms with Crippen molar-refractivity contribution in [1.29, 1.82) is 0 Å². The molecule has 0 bridgehead atoms. The lowest BCUT2D eigenvalue weighted by atomic mass is 10.2. The number of hydrogen-bond acceptors (Lipinski definition) is 4. The average Bonchev–Trinajstić information content (AvgIpc) is 2.47. The van der Waals surface area contributed by atoms with Gasteiger partial charge >= 0.3 is 0 Å². The highest BCUT2D eigenvalue weighted by molar-refractivity contribution is 5.92. The summed E-state index contributed by atoms with van der Waals surface area (Å²) in [6.07, 6.45) is 1.53. The molecule has 20 heavy (non-hydrogen) atoms. The summed E-state index contributed by atoms with van der Waals surface area (Å²) in [6.45, 7) is 0.444. The first-order chi connectivity index (χ1) is 9.61. The van der Waals surface area contributed by atoms with Crippen molar-refractivity contribution in [2.75, 3.05) is 19.9 Å². The number of nitrogens with two attached hydrogens (primary N) is 1. The number of para-hydroxylation sites is 1. The molecule has 0 saturated heterocycles. The third-order valence-corrected chi connectivity index (χ3v) is 2.95. The number of amides is 1. The largest absolute Gasteiger partial charge is 0.496 e. The van der Waals surface area contributed by atoms with Crippen LogP contribution in [0.4, 0.5) is 5.69 Å². The SMILES string of the molecule is COc1ccccc1CN(C)C(=O)c1cc(N)ccn1. The number of aromatic nitrogens is 1. The van der Waals surface area contributed by atoms with Crippen molar-refractivity contribution in [3.8, 4) is 5.75 Å². The molecule has 0 aliphatic rings. The highest BCUT2D eigenvalue weighted by Gasteiger charge is 2.15. The van der Waals surface area contributed by atoms with Gasteiger partial charge in [-0.15, -0.1) is 0 Å². The van der Waals surface area contributed by atoms with E-state index in [1.165, 1.54) is 6.20 Å². The molecule has 0 atom stereocenters. The second kappa shape index (κ2) is 6.06. The highest BCUT2D eigenvalue weighted by atomic mass is 16.5. The lowest BCUT2D eigenvalue weighted by Crippen LogP contribution is -2.27. The average molecular weight is 271 g/mol. The van der Waals surface area contributed by atoms with Crippen molar-refractivity contribution in [2.45, 2.75) is 6.54 Å². The number of carbonyl (C=O) groups excluding carboxylic acids is 1. The maximum atomic E-state index is 12.3. The minimum Gasteiger partial charge on any atom is -0.496 e. The second-order valence-electron chi connectivity index (χ2n) is 4.45. The normalized spacial score (nSPS) is 10.1. The van der Waals surface area contributed by atoms with E-state index >= 15 is 0 Å². The molecule has 0 spiro atoms. The van der Waals surface area contributed by atoms with Gasteiger partial charge in [-0.3, -0.25) is 9.78 Å². The Morgan fingerprint density at radius 3 is 2.80 bits per heavy atom. The zero-order chi connectivity index (χ0) is 14.5. The molecule has 0 aliphatic carbocycles. The van der Waals surface area contributed by atoms with Crippen LogP contribution in [0, 0.1) is 0 Å². The molecule has 0 radical (unpaired) electrons. The molecule has 1 aromatic carbocycles. The van der Waals surface area contributed by atoms with Crippen molar-refractivity contribution in [2.24, 2.45) is 0 Å². The van der Waals surface area contributed by atoms with E-state index in [1.54, 1.807) is 31.2 Å². The van der Waals surface area contributed by atoms with Gasteiger partial charge in [0, 0.05) is 31.0 Å². The fourth-order valence-electron chi connectivity index (χ4n) is 1.92. The standard InChI is InChI=1S/C15H17N3O2/c1-18(10-11-5-3-4-6-14(11)20-2)15(19)13-9-12(16)7-8-17-13/h3-9H,10H2,1-2H3,(H2,16,17). The molecule has 2 N–H and O–H groups in total. The van der Waals surface area contributed by atoms with E-state index in [2.05, 4.69) is 4.98 Å². The van der Waals surface area contributed by atoms with Gasteiger partial charge in [-0.25, -0.2) is 0 Å². The Balaban J connectivity index is 2.15. The van der Waals surface area contributed by atoms with E-state index in [0.717, 1.165) is 11.3 Å². The van der Waals surface area contributed by atoms with Crippen molar-refractivity contribution in [1.82, 2.24) is 9.88 Å². The molecular formula is C15H17N3O2. The molecule has 1 amide bonds. The molecule has 5 nitrogen and oxygen atoms in total. The summed E-state index contributed by atoms with van der Waals surface area (Å²) in [7, 11) is 3.33. The minimum absolute atomic E-state index is 0.178. The number of hydrogen-bond donors (Lipinski definition) is 1. The molecule has 0 saturated carbocycles. The topological polar surface area (TPSA) is 68.5 Å². The number of methoxy groups -OCH3 is 1. The van der Waals surface area contributed by atoms with Gasteiger partial charge in [-0.1, -0.05) is 18.2 Å². The summed E-state index contributed by atoms with van der Waals surface area (Å²) in [5, 5.41) is 0. The molecular weight excluding hydrogens is 254 g/mol. The first kappa shape index (κ1) is 13.9. The van der Waals surface area contributed by atoms with E-state index in [-0.39, 0.29) is 5.91 Å². The van der Waals surface area contributed by atoms with E-state index in [1.807, 2.05) is 24.3 Å². The predicted octanol–water partition coefficient (Wildman–Crippen LogP) is 1.94. The third-order valence-electron chi connectivity index (χ3n) is 2.95. The zero-order valence-electron chi connectivity index (χ0n) is 11.5. The Labute approximate surface area is 118 Å². The smallest absolute Gasteiger partial charge is 0.272 e. The van der Waals surface area contributed by atoms with Gasteiger partial charge in [0.05, 0.1) is 7.11 Å². The van der Waals surface area contributed by atoms with Crippen LogP contribution in [0.25, 0.3) is 0 Å². The van der Waals surface area contributed by atoms with Gasteiger partial charge in [0.2, 0.25) is 0 Å². The summed E-state index contributed by atoms with van der Waals surface area (Å²) in [4.78, 5) is 17.9. The van der Waals surface area contributed by atoms with Crippen LogP contribution in [0.5, 0.6) is 5.75 Å². The molecule has 104 valence electrons. The summed E-state index contributed by atoms with van der Waals surface area (Å²) in [5.74, 6) is 0.580. The van der Waals surface area contributed by atoms with E-state index < -0.39 is 0 Å². The number of rotatable bonds is 4. The van der Waals surface area contributed by atoms with Crippen LogP contribution in [0.2, 0.25) is 0 Å². The van der Waals surface area contributed by atoms with Crippen molar-refractivity contribution < 1.29 is 9.53 Å². The predicted molar refractivity (Wildman–Crippen MR) is 77.4 cm³/mol. The van der Waals surface area contributed by atoms with Crippen LogP contribution >= 0.6 is 0 Å². The third kappa shape index (κ3) is 3.06. The quantitative estimate of drug-likeness (QED) is 0.922. The minimum atomic E-state index is -0.178. The lowest BCUT2D eigenvalue weighted by molar-refractivity contribution is 0.0778. The van der Waals surface area contributed by atoms with Crippen molar-refractivity contribution in [3.05, 3.63) is 53.9 Å². The number of nitrogen functional groups attached to an aromatic ring is 1. The molecule has 1 heterocycles. The lowest BCUT2D eigenvalue weighted by Gasteiger charge is -2.18. The maximum absolute atomic E-state index is 12.3. The summed E-state index contributed by atoms with van der Waals surface area (Å²) >= 11 is 0. The second-order valence-corrected chi connectivity index (χ2v) is 4.45. The van der Waals surface area contributed by atoms with Crippen LogP contribution < -0.4 is 10.5 Å². The Hall–Kier alpha value is -2.56. The maximum Gasteiger partial charge on any atom is 0.272 e. The summed E-state index contributed by atoms with van der Waals surface area (Å²) in [6, 6.07) is 10.8. The Kier molecular flexibility index (Phi) is 4.20. The van der Waals surface area contributed by atoms with E-state index in [9.17, 15) is 4.79 Å². The zero-order valence-corrected chi connectivity index (χ0v) is 11.5. The molecule has 2 rings (SSSR count). The van der Waals surface area contributed by atoms with Gasteiger partial charge in [-0.2, -0.15) is 0 Å². The number of benzene rings is 1. The summed E-state index contributed by atoms with van der Waals surface area (Å²) in [5.41, 5.74) is 7.46. The monoisotopic (exact) mass is 271 g/mol. The van der Waals surface area contributed by atoms with Crippen LogP contribution in [-0.2, 0) is 6.54 Å². The Bertz CT molecular complexity index is 614. The number of pyridine rings is 1. The van der Waals surface area contributed by atoms with Crippen LogP contribution in [0.3, 0.4) is 0 Å². The van der Waals surface area contributed by atoms with Gasteiger partial charge in [0.15, 0.2) is 0 Å². The molecule has 0 aliphatic heterocycles. The Morgan fingerprint density at radius 1 is 1.35 bits per heavy atom. The Morgan fingerprint density at radius 2 is 2.10 bits per heavy atom.